The first-order valence-electron chi connectivity index (χ1n) is 9.19. The molecule has 2 aromatic rings. The van der Waals surface area contributed by atoms with Crippen molar-refractivity contribution in [2.75, 3.05) is 6.61 Å². The zero-order valence-corrected chi connectivity index (χ0v) is 17.2. The lowest BCUT2D eigenvalue weighted by molar-refractivity contribution is -0.384. The first-order valence-corrected chi connectivity index (χ1v) is 9.19. The van der Waals surface area contributed by atoms with Crippen LogP contribution in [-0.2, 0) is 9.59 Å². The summed E-state index contributed by atoms with van der Waals surface area (Å²) in [5.41, 5.74) is 4.25. The second-order valence-corrected chi connectivity index (χ2v) is 6.85. The highest BCUT2D eigenvalue weighted by Crippen LogP contribution is 2.27. The largest absolute Gasteiger partial charge is 0.483 e. The molecule has 2 rings (SSSR count). The highest BCUT2D eigenvalue weighted by molar-refractivity contribution is 5.87. The van der Waals surface area contributed by atoms with Gasteiger partial charge in [-0.05, 0) is 36.1 Å². The topological polar surface area (TPSA) is 120 Å². The Morgan fingerprint density at radius 3 is 2.57 bits per heavy atom. The van der Waals surface area contributed by atoms with Gasteiger partial charge < -0.3 is 9.47 Å². The molecule has 0 atom stereocenters. The SMILES string of the molecule is CC(=O)Oc1ccc([N+](=O)[O-])cc1C=NNC(=O)COc1cc(C)ccc1C(C)C. The van der Waals surface area contributed by atoms with Gasteiger partial charge in [-0.3, -0.25) is 19.7 Å². The lowest BCUT2D eigenvalue weighted by atomic mass is 10.0. The Morgan fingerprint density at radius 1 is 1.20 bits per heavy atom. The average Bonchev–Trinajstić information content (AvgIpc) is 2.66. The van der Waals surface area contributed by atoms with Crippen LogP contribution >= 0.6 is 0 Å². The fraction of sp³-hybridized carbons (Fsp3) is 0.286. The van der Waals surface area contributed by atoms with E-state index in [1.165, 1.54) is 25.1 Å². The number of hydrazone groups is 1. The van der Waals surface area contributed by atoms with E-state index in [1.807, 2.05) is 39.0 Å². The summed E-state index contributed by atoms with van der Waals surface area (Å²) in [5.74, 6) is -0.157. The summed E-state index contributed by atoms with van der Waals surface area (Å²) in [7, 11) is 0. The molecule has 0 saturated heterocycles. The van der Waals surface area contributed by atoms with E-state index in [1.54, 1.807) is 0 Å². The number of benzene rings is 2. The fourth-order valence-electron chi connectivity index (χ4n) is 2.59. The molecule has 0 aliphatic carbocycles. The molecule has 0 bridgehead atoms. The number of non-ortho nitro benzene ring substituents is 1. The number of nitro groups is 1. The van der Waals surface area contributed by atoms with Crippen molar-refractivity contribution < 1.29 is 24.0 Å². The number of amides is 1. The summed E-state index contributed by atoms with van der Waals surface area (Å²) in [4.78, 5) is 33.6. The predicted molar refractivity (Wildman–Crippen MR) is 111 cm³/mol. The molecule has 0 aliphatic rings. The number of nitrogens with one attached hydrogen (secondary N) is 1. The van der Waals surface area contributed by atoms with E-state index in [-0.39, 0.29) is 29.5 Å². The number of hydrogen-bond donors (Lipinski definition) is 1. The molecule has 9 nitrogen and oxygen atoms in total. The van der Waals surface area contributed by atoms with Crippen molar-refractivity contribution >= 4 is 23.8 Å². The van der Waals surface area contributed by atoms with Crippen molar-refractivity contribution in [2.45, 2.75) is 33.6 Å². The van der Waals surface area contributed by atoms with Crippen molar-refractivity contribution in [3.63, 3.8) is 0 Å². The Balaban J connectivity index is 2.06. The first kappa shape index (κ1) is 22.5. The van der Waals surface area contributed by atoms with E-state index in [2.05, 4.69) is 10.5 Å². The van der Waals surface area contributed by atoms with Gasteiger partial charge in [0.25, 0.3) is 11.6 Å². The van der Waals surface area contributed by atoms with Gasteiger partial charge in [0, 0.05) is 24.6 Å². The number of ether oxygens (including phenoxy) is 2. The molecule has 2 aromatic carbocycles. The van der Waals surface area contributed by atoms with Gasteiger partial charge in [0.05, 0.1) is 11.1 Å². The molecule has 9 heteroatoms. The van der Waals surface area contributed by atoms with E-state index in [0.29, 0.717) is 5.75 Å². The zero-order valence-electron chi connectivity index (χ0n) is 17.2. The lowest BCUT2D eigenvalue weighted by Crippen LogP contribution is -2.25. The fourth-order valence-corrected chi connectivity index (χ4v) is 2.59. The highest BCUT2D eigenvalue weighted by Gasteiger charge is 2.13. The van der Waals surface area contributed by atoms with Crippen LogP contribution in [0.25, 0.3) is 0 Å². The minimum Gasteiger partial charge on any atom is -0.483 e. The number of nitrogens with zero attached hydrogens (tertiary/aromatic N) is 2. The Morgan fingerprint density at radius 2 is 1.93 bits per heavy atom. The van der Waals surface area contributed by atoms with Crippen LogP contribution in [0.2, 0.25) is 0 Å². The molecule has 0 saturated carbocycles. The normalized spacial score (nSPS) is 10.8. The number of rotatable bonds is 8. The average molecular weight is 413 g/mol. The molecule has 0 spiro atoms. The number of aryl methyl sites for hydroxylation is 1. The Hall–Kier alpha value is -3.75. The van der Waals surface area contributed by atoms with Gasteiger partial charge in [0.15, 0.2) is 6.61 Å². The molecular formula is C21H23N3O6. The molecule has 158 valence electrons. The van der Waals surface area contributed by atoms with Gasteiger partial charge in [-0.25, -0.2) is 5.43 Å². The monoisotopic (exact) mass is 413 g/mol. The van der Waals surface area contributed by atoms with Crippen molar-refractivity contribution in [1.82, 2.24) is 5.43 Å². The second-order valence-electron chi connectivity index (χ2n) is 6.85. The predicted octanol–water partition coefficient (Wildman–Crippen LogP) is 3.48. The summed E-state index contributed by atoms with van der Waals surface area (Å²) in [6.07, 6.45) is 1.16. The van der Waals surface area contributed by atoms with Crippen LogP contribution in [0.1, 0.15) is 43.4 Å². The molecule has 1 amide bonds. The van der Waals surface area contributed by atoms with Gasteiger partial charge >= 0.3 is 5.97 Å². The van der Waals surface area contributed by atoms with Gasteiger partial charge in [-0.1, -0.05) is 26.0 Å². The van der Waals surface area contributed by atoms with Gasteiger partial charge in [0.2, 0.25) is 0 Å². The maximum atomic E-state index is 12.1. The van der Waals surface area contributed by atoms with E-state index in [9.17, 15) is 19.7 Å². The molecule has 0 fully saturated rings. The van der Waals surface area contributed by atoms with Gasteiger partial charge in [0.1, 0.15) is 11.5 Å². The van der Waals surface area contributed by atoms with E-state index < -0.39 is 16.8 Å². The van der Waals surface area contributed by atoms with Crippen LogP contribution in [0.15, 0.2) is 41.5 Å². The number of nitro benzene ring substituents is 1. The van der Waals surface area contributed by atoms with Crippen molar-refractivity contribution in [1.29, 1.82) is 0 Å². The van der Waals surface area contributed by atoms with Crippen LogP contribution < -0.4 is 14.9 Å². The molecule has 0 unspecified atom stereocenters. The maximum absolute atomic E-state index is 12.1. The number of carbonyl (C=O) groups excluding carboxylic acids is 2. The maximum Gasteiger partial charge on any atom is 0.308 e. The minimum atomic E-state index is -0.588. The first-order chi connectivity index (χ1) is 14.2. The van der Waals surface area contributed by atoms with Crippen LogP contribution in [-0.4, -0.2) is 29.6 Å². The van der Waals surface area contributed by atoms with E-state index in [4.69, 9.17) is 9.47 Å². The van der Waals surface area contributed by atoms with Crippen molar-refractivity contribution in [3.8, 4) is 11.5 Å². The van der Waals surface area contributed by atoms with Crippen LogP contribution in [0.5, 0.6) is 11.5 Å². The third kappa shape index (κ3) is 6.40. The Kier molecular flexibility index (Phi) is 7.62. The Labute approximate surface area is 173 Å². The Bertz CT molecular complexity index is 985. The summed E-state index contributed by atoms with van der Waals surface area (Å²) < 4.78 is 10.6. The second kappa shape index (κ2) is 10.1. The standard InChI is InChI=1S/C21H23N3O6/c1-13(2)18-7-5-14(3)9-20(18)29-12-21(26)23-22-11-16-10-17(24(27)28)6-8-19(16)30-15(4)25/h5-11,13H,12H2,1-4H3,(H,23,26). The minimum absolute atomic E-state index is 0.0867. The smallest absolute Gasteiger partial charge is 0.308 e. The number of esters is 1. The molecule has 1 N–H and O–H groups in total. The van der Waals surface area contributed by atoms with Gasteiger partial charge in [-0.2, -0.15) is 5.10 Å². The molecule has 30 heavy (non-hydrogen) atoms. The summed E-state index contributed by atoms with van der Waals surface area (Å²) >= 11 is 0. The summed E-state index contributed by atoms with van der Waals surface area (Å²) in [6.45, 7) is 6.94. The lowest BCUT2D eigenvalue weighted by Gasteiger charge is -2.14. The van der Waals surface area contributed by atoms with E-state index in [0.717, 1.165) is 17.3 Å². The number of carbonyl (C=O) groups is 2. The quantitative estimate of drug-likeness (QED) is 0.233. The van der Waals surface area contributed by atoms with Crippen molar-refractivity contribution in [3.05, 3.63) is 63.2 Å². The highest BCUT2D eigenvalue weighted by atomic mass is 16.6. The van der Waals surface area contributed by atoms with Crippen molar-refractivity contribution in [2.24, 2.45) is 5.10 Å². The zero-order chi connectivity index (χ0) is 22.3. The van der Waals surface area contributed by atoms with E-state index >= 15 is 0 Å². The molecule has 0 heterocycles. The van der Waals surface area contributed by atoms with Gasteiger partial charge in [-0.15, -0.1) is 0 Å². The molecule has 0 radical (unpaired) electrons. The third-order valence-corrected chi connectivity index (χ3v) is 4.00. The number of hydrogen-bond acceptors (Lipinski definition) is 7. The van der Waals surface area contributed by atoms with Crippen LogP contribution in [0.4, 0.5) is 5.69 Å². The molecule has 0 aliphatic heterocycles. The summed E-state index contributed by atoms with van der Waals surface area (Å²) in [6, 6.07) is 9.48. The molecular weight excluding hydrogens is 390 g/mol. The van der Waals surface area contributed by atoms with Crippen LogP contribution in [0, 0.1) is 17.0 Å². The molecule has 0 aromatic heterocycles. The third-order valence-electron chi connectivity index (χ3n) is 4.00. The summed E-state index contributed by atoms with van der Waals surface area (Å²) in [5, 5.41) is 14.7. The van der Waals surface area contributed by atoms with Crippen LogP contribution in [0.3, 0.4) is 0 Å².